The van der Waals surface area contributed by atoms with Crippen molar-refractivity contribution in [1.82, 2.24) is 0 Å². The molecule has 1 aromatic rings. The van der Waals surface area contributed by atoms with Gasteiger partial charge in [-0.25, -0.2) is 4.79 Å². The monoisotopic (exact) mass is 232 g/mol. The van der Waals surface area contributed by atoms with Gasteiger partial charge in [0.25, 0.3) is 5.78 Å². The third-order valence-electron chi connectivity index (χ3n) is 2.22. The summed E-state index contributed by atoms with van der Waals surface area (Å²) in [5, 5.41) is 0. The SMILES string of the molecule is C/C=C/CCOC(=O)C(=O)c1cccc(C)c1. The number of hydrogen-bond acceptors (Lipinski definition) is 3. The van der Waals surface area contributed by atoms with Gasteiger partial charge in [-0.05, 0) is 26.3 Å². The van der Waals surface area contributed by atoms with Crippen LogP contribution in [0.2, 0.25) is 0 Å². The van der Waals surface area contributed by atoms with Crippen LogP contribution in [0.15, 0.2) is 36.4 Å². The fourth-order valence-corrected chi connectivity index (χ4v) is 1.36. The number of aryl methyl sites for hydroxylation is 1. The van der Waals surface area contributed by atoms with Gasteiger partial charge < -0.3 is 4.74 Å². The van der Waals surface area contributed by atoms with Gasteiger partial charge in [0, 0.05) is 5.56 Å². The molecule has 0 fully saturated rings. The van der Waals surface area contributed by atoms with Crippen molar-refractivity contribution in [2.75, 3.05) is 6.61 Å². The Bertz CT molecular complexity index is 433. The van der Waals surface area contributed by atoms with Crippen LogP contribution in [0.5, 0.6) is 0 Å². The van der Waals surface area contributed by atoms with Crippen LogP contribution < -0.4 is 0 Å². The number of benzene rings is 1. The number of rotatable bonds is 5. The number of ether oxygens (including phenoxy) is 1. The lowest BCUT2D eigenvalue weighted by atomic mass is 10.1. The molecule has 0 bridgehead atoms. The molecule has 90 valence electrons. The number of esters is 1. The van der Waals surface area contributed by atoms with Crippen LogP contribution in [-0.2, 0) is 9.53 Å². The zero-order valence-electron chi connectivity index (χ0n) is 10.1. The average Bonchev–Trinajstić information content (AvgIpc) is 2.33. The van der Waals surface area contributed by atoms with Gasteiger partial charge in [-0.2, -0.15) is 0 Å². The molecular weight excluding hydrogens is 216 g/mol. The Kier molecular flexibility index (Phi) is 5.14. The van der Waals surface area contributed by atoms with E-state index in [9.17, 15) is 9.59 Å². The molecule has 1 rings (SSSR count). The third kappa shape index (κ3) is 4.23. The lowest BCUT2D eigenvalue weighted by Crippen LogP contribution is -2.18. The van der Waals surface area contributed by atoms with E-state index in [0.29, 0.717) is 12.0 Å². The summed E-state index contributed by atoms with van der Waals surface area (Å²) in [7, 11) is 0. The average molecular weight is 232 g/mol. The second kappa shape index (κ2) is 6.63. The third-order valence-corrected chi connectivity index (χ3v) is 2.22. The molecule has 0 atom stereocenters. The van der Waals surface area contributed by atoms with E-state index < -0.39 is 11.8 Å². The summed E-state index contributed by atoms with van der Waals surface area (Å²) in [6, 6.07) is 6.90. The molecule has 0 aliphatic carbocycles. The lowest BCUT2D eigenvalue weighted by Gasteiger charge is -2.03. The van der Waals surface area contributed by atoms with E-state index in [1.54, 1.807) is 18.2 Å². The molecule has 0 heterocycles. The van der Waals surface area contributed by atoms with Crippen molar-refractivity contribution in [1.29, 1.82) is 0 Å². The topological polar surface area (TPSA) is 43.4 Å². The fourth-order valence-electron chi connectivity index (χ4n) is 1.36. The maximum atomic E-state index is 11.7. The Morgan fingerprint density at radius 3 is 2.76 bits per heavy atom. The van der Waals surface area contributed by atoms with Crippen molar-refractivity contribution in [3.63, 3.8) is 0 Å². The van der Waals surface area contributed by atoms with Crippen LogP contribution in [0.25, 0.3) is 0 Å². The molecule has 0 spiro atoms. The molecule has 0 amide bonds. The second-order valence-electron chi connectivity index (χ2n) is 3.69. The number of ketones is 1. The first-order valence-electron chi connectivity index (χ1n) is 5.54. The van der Waals surface area contributed by atoms with E-state index in [0.717, 1.165) is 5.56 Å². The van der Waals surface area contributed by atoms with Crippen LogP contribution in [0.1, 0.15) is 29.3 Å². The van der Waals surface area contributed by atoms with Crippen LogP contribution in [-0.4, -0.2) is 18.4 Å². The smallest absolute Gasteiger partial charge is 0.379 e. The maximum absolute atomic E-state index is 11.7. The molecular formula is C14H16O3. The first-order valence-corrected chi connectivity index (χ1v) is 5.54. The highest BCUT2D eigenvalue weighted by Gasteiger charge is 2.17. The summed E-state index contributed by atoms with van der Waals surface area (Å²) in [4.78, 5) is 23.1. The summed E-state index contributed by atoms with van der Waals surface area (Å²) < 4.78 is 4.86. The molecule has 3 heteroatoms. The number of carbonyl (C=O) groups excluding carboxylic acids is 2. The Morgan fingerprint density at radius 1 is 1.35 bits per heavy atom. The van der Waals surface area contributed by atoms with Gasteiger partial charge >= 0.3 is 5.97 Å². The first-order chi connectivity index (χ1) is 8.15. The molecule has 0 saturated heterocycles. The molecule has 1 aromatic carbocycles. The Labute approximate surface area is 101 Å². The zero-order chi connectivity index (χ0) is 12.7. The number of allylic oxidation sites excluding steroid dienone is 1. The van der Waals surface area contributed by atoms with E-state index in [4.69, 9.17) is 4.74 Å². The highest BCUT2D eigenvalue weighted by atomic mass is 16.5. The van der Waals surface area contributed by atoms with Crippen LogP contribution in [0, 0.1) is 6.92 Å². The van der Waals surface area contributed by atoms with Gasteiger partial charge in [-0.1, -0.05) is 35.9 Å². The van der Waals surface area contributed by atoms with Crippen LogP contribution >= 0.6 is 0 Å². The second-order valence-corrected chi connectivity index (χ2v) is 3.69. The largest absolute Gasteiger partial charge is 0.459 e. The van der Waals surface area contributed by atoms with E-state index in [1.807, 2.05) is 32.1 Å². The van der Waals surface area contributed by atoms with Crippen molar-refractivity contribution in [3.8, 4) is 0 Å². The molecule has 17 heavy (non-hydrogen) atoms. The van der Waals surface area contributed by atoms with E-state index in [2.05, 4.69) is 0 Å². The minimum absolute atomic E-state index is 0.237. The quantitative estimate of drug-likeness (QED) is 0.258. The van der Waals surface area contributed by atoms with Crippen molar-refractivity contribution >= 4 is 11.8 Å². The highest BCUT2D eigenvalue weighted by molar-refractivity contribution is 6.40. The molecule has 0 aliphatic heterocycles. The van der Waals surface area contributed by atoms with Gasteiger partial charge in [0.2, 0.25) is 0 Å². The molecule has 0 aliphatic rings. The summed E-state index contributed by atoms with van der Waals surface area (Å²) in [6.07, 6.45) is 4.38. The van der Waals surface area contributed by atoms with Crippen LogP contribution in [0.3, 0.4) is 0 Å². The number of carbonyl (C=O) groups is 2. The molecule has 0 aromatic heterocycles. The first kappa shape index (κ1) is 13.2. The van der Waals surface area contributed by atoms with E-state index in [1.165, 1.54) is 0 Å². The summed E-state index contributed by atoms with van der Waals surface area (Å²) in [5.74, 6) is -1.38. The number of hydrogen-bond donors (Lipinski definition) is 0. The normalized spacial score (nSPS) is 10.5. The minimum atomic E-state index is -0.792. The van der Waals surface area contributed by atoms with Gasteiger partial charge in [0.05, 0.1) is 6.61 Å². The zero-order valence-corrected chi connectivity index (χ0v) is 10.1. The van der Waals surface area contributed by atoms with Gasteiger partial charge in [0.1, 0.15) is 0 Å². The predicted octanol–water partition coefficient (Wildman–Crippen LogP) is 2.69. The van der Waals surface area contributed by atoms with E-state index in [-0.39, 0.29) is 6.61 Å². The maximum Gasteiger partial charge on any atom is 0.379 e. The van der Waals surface area contributed by atoms with Gasteiger partial charge in [0.15, 0.2) is 0 Å². The summed E-state index contributed by atoms with van der Waals surface area (Å²) in [5.41, 5.74) is 1.32. The Morgan fingerprint density at radius 2 is 2.12 bits per heavy atom. The van der Waals surface area contributed by atoms with Crippen molar-refractivity contribution in [2.45, 2.75) is 20.3 Å². The molecule has 0 unspecified atom stereocenters. The summed E-state index contributed by atoms with van der Waals surface area (Å²) >= 11 is 0. The van der Waals surface area contributed by atoms with E-state index >= 15 is 0 Å². The van der Waals surface area contributed by atoms with Crippen molar-refractivity contribution in [2.24, 2.45) is 0 Å². The molecule has 0 N–H and O–H groups in total. The summed E-state index contributed by atoms with van der Waals surface area (Å²) in [6.45, 7) is 3.99. The molecule has 0 saturated carbocycles. The predicted molar refractivity (Wildman–Crippen MR) is 65.9 cm³/mol. The van der Waals surface area contributed by atoms with Crippen molar-refractivity contribution < 1.29 is 14.3 Å². The highest BCUT2D eigenvalue weighted by Crippen LogP contribution is 2.06. The molecule has 3 nitrogen and oxygen atoms in total. The van der Waals surface area contributed by atoms with Gasteiger partial charge in [-0.3, -0.25) is 4.79 Å². The standard InChI is InChI=1S/C14H16O3/c1-3-4-5-9-17-14(16)13(15)12-8-6-7-11(2)10-12/h3-4,6-8,10H,5,9H2,1-2H3/b4-3+. The lowest BCUT2D eigenvalue weighted by molar-refractivity contribution is -0.137. The Hall–Kier alpha value is -1.90. The van der Waals surface area contributed by atoms with Crippen molar-refractivity contribution in [3.05, 3.63) is 47.5 Å². The molecule has 0 radical (unpaired) electrons. The van der Waals surface area contributed by atoms with Crippen LogP contribution in [0.4, 0.5) is 0 Å². The Balaban J connectivity index is 2.55. The minimum Gasteiger partial charge on any atom is -0.459 e. The fraction of sp³-hybridized carbons (Fsp3) is 0.286. The van der Waals surface area contributed by atoms with Gasteiger partial charge in [-0.15, -0.1) is 0 Å². The number of Topliss-reactive ketones (excluding diaryl/α,β-unsaturated/α-hetero) is 1.